The van der Waals surface area contributed by atoms with Gasteiger partial charge in [0.15, 0.2) is 0 Å². The first-order valence-electron chi connectivity index (χ1n) is 11.1. The summed E-state index contributed by atoms with van der Waals surface area (Å²) in [6, 6.07) is 24.2. The predicted molar refractivity (Wildman–Crippen MR) is 127 cm³/mol. The van der Waals surface area contributed by atoms with E-state index in [1.165, 1.54) is 12.1 Å². The monoisotopic (exact) mass is 448 g/mol. The molecular weight excluding hydrogens is 419 g/mol. The summed E-state index contributed by atoms with van der Waals surface area (Å²) >= 11 is 0. The Hall–Kier alpha value is -3.22. The zero-order chi connectivity index (χ0) is 23.0. The first-order chi connectivity index (χ1) is 16.1. The molecule has 2 atom stereocenters. The number of rotatable bonds is 10. The van der Waals surface area contributed by atoms with Gasteiger partial charge in [-0.05, 0) is 47.4 Å². The van der Waals surface area contributed by atoms with Gasteiger partial charge in [0.25, 0.3) is 0 Å². The van der Waals surface area contributed by atoms with Crippen LogP contribution in [0.3, 0.4) is 0 Å². The summed E-state index contributed by atoms with van der Waals surface area (Å²) in [5.41, 5.74) is 3.87. The van der Waals surface area contributed by atoms with Gasteiger partial charge in [0.05, 0.1) is 18.9 Å². The van der Waals surface area contributed by atoms with Gasteiger partial charge in [0.1, 0.15) is 17.7 Å². The lowest BCUT2D eigenvalue weighted by atomic mass is 10.0. The van der Waals surface area contributed by atoms with E-state index in [2.05, 4.69) is 16.1 Å². The highest BCUT2D eigenvalue weighted by atomic mass is 19.1. The molecule has 1 N–H and O–H groups in total. The Morgan fingerprint density at radius 3 is 2.58 bits per heavy atom. The molecule has 33 heavy (non-hydrogen) atoms. The number of halogens is 1. The Kier molecular flexibility index (Phi) is 7.70. The molecule has 0 saturated heterocycles. The number of hydrogen-bond donors (Lipinski definition) is 1. The summed E-state index contributed by atoms with van der Waals surface area (Å²) in [7, 11) is 1.65. The number of hydrogen-bond acceptors (Lipinski definition) is 5. The molecule has 0 saturated carbocycles. The van der Waals surface area contributed by atoms with Gasteiger partial charge >= 0.3 is 0 Å². The third-order valence-electron chi connectivity index (χ3n) is 5.70. The number of oxime groups is 1. The molecule has 5 nitrogen and oxygen atoms in total. The molecule has 0 spiro atoms. The highest BCUT2D eigenvalue weighted by Gasteiger charge is 2.26. The van der Waals surface area contributed by atoms with Crippen LogP contribution in [-0.4, -0.2) is 48.1 Å². The summed E-state index contributed by atoms with van der Waals surface area (Å²) in [5.74, 6) is 0.531. The first-order valence-corrected chi connectivity index (χ1v) is 11.1. The molecule has 1 heterocycles. The predicted octanol–water partition coefficient (Wildman–Crippen LogP) is 4.43. The molecule has 0 radical (unpaired) electrons. The Bertz CT molecular complexity index is 1060. The molecule has 0 amide bonds. The fourth-order valence-electron chi connectivity index (χ4n) is 4.11. The standard InChI is InChI=1S/C27H29FN2O3/c1-32-25-9-5-8-21(15-25)17-30(18-24(31)14-20-6-3-2-4-7-20)19-26-16-27(29-33-26)22-10-12-23(28)13-11-22/h2-13,15,24,26,31H,14,16-19H2,1H3/t24-,26-/m1/s1. The molecule has 3 aromatic carbocycles. The van der Waals surface area contributed by atoms with Crippen LogP contribution < -0.4 is 4.74 Å². The van der Waals surface area contributed by atoms with Crippen molar-refractivity contribution in [1.29, 1.82) is 0 Å². The van der Waals surface area contributed by atoms with E-state index in [0.717, 1.165) is 28.2 Å². The van der Waals surface area contributed by atoms with Crippen molar-refractivity contribution in [2.75, 3.05) is 20.2 Å². The molecule has 0 aliphatic carbocycles. The van der Waals surface area contributed by atoms with Crippen LogP contribution >= 0.6 is 0 Å². The maximum atomic E-state index is 13.3. The highest BCUT2D eigenvalue weighted by molar-refractivity contribution is 6.01. The normalized spacial score (nSPS) is 16.4. The molecule has 4 rings (SSSR count). The van der Waals surface area contributed by atoms with Crippen LogP contribution in [-0.2, 0) is 17.8 Å². The second kappa shape index (κ2) is 11.1. The fraction of sp³-hybridized carbons (Fsp3) is 0.296. The maximum Gasteiger partial charge on any atom is 0.145 e. The van der Waals surface area contributed by atoms with Crippen LogP contribution in [0, 0.1) is 5.82 Å². The molecule has 6 heteroatoms. The first kappa shape index (κ1) is 23.0. The van der Waals surface area contributed by atoms with Crippen LogP contribution in [0.25, 0.3) is 0 Å². The van der Waals surface area contributed by atoms with Crippen LogP contribution in [0.5, 0.6) is 5.75 Å². The number of methoxy groups -OCH3 is 1. The van der Waals surface area contributed by atoms with Gasteiger partial charge in [-0.15, -0.1) is 0 Å². The minimum atomic E-state index is -0.517. The zero-order valence-corrected chi connectivity index (χ0v) is 18.7. The van der Waals surface area contributed by atoms with Gasteiger partial charge in [-0.2, -0.15) is 0 Å². The Balaban J connectivity index is 1.42. The second-order valence-electron chi connectivity index (χ2n) is 8.37. The zero-order valence-electron chi connectivity index (χ0n) is 18.7. The molecule has 1 aliphatic rings. The number of benzene rings is 3. The molecular formula is C27H29FN2O3. The lowest BCUT2D eigenvalue weighted by Gasteiger charge is -2.27. The van der Waals surface area contributed by atoms with Crippen molar-refractivity contribution in [2.45, 2.75) is 31.6 Å². The van der Waals surface area contributed by atoms with E-state index >= 15 is 0 Å². The van der Waals surface area contributed by atoms with E-state index in [4.69, 9.17) is 9.57 Å². The molecule has 172 valence electrons. The van der Waals surface area contributed by atoms with Gasteiger partial charge in [-0.3, -0.25) is 4.90 Å². The highest BCUT2D eigenvalue weighted by Crippen LogP contribution is 2.20. The van der Waals surface area contributed by atoms with Crippen LogP contribution in [0.2, 0.25) is 0 Å². The van der Waals surface area contributed by atoms with Crippen molar-refractivity contribution in [2.24, 2.45) is 5.16 Å². The quantitative estimate of drug-likeness (QED) is 0.499. The van der Waals surface area contributed by atoms with E-state index in [0.29, 0.717) is 32.5 Å². The van der Waals surface area contributed by atoms with Crippen LogP contribution in [0.15, 0.2) is 84.0 Å². The number of ether oxygens (including phenoxy) is 1. The van der Waals surface area contributed by atoms with Crippen molar-refractivity contribution < 1.29 is 19.1 Å². The Morgan fingerprint density at radius 1 is 1.06 bits per heavy atom. The number of aliphatic hydroxyl groups is 1. The summed E-state index contributed by atoms with van der Waals surface area (Å²) < 4.78 is 18.6. The fourth-order valence-corrected chi connectivity index (χ4v) is 4.11. The molecule has 0 aromatic heterocycles. The van der Waals surface area contributed by atoms with E-state index < -0.39 is 6.10 Å². The van der Waals surface area contributed by atoms with E-state index in [1.807, 2.05) is 48.5 Å². The van der Waals surface area contributed by atoms with Crippen molar-refractivity contribution in [3.05, 3.63) is 101 Å². The third kappa shape index (κ3) is 6.63. The maximum absolute atomic E-state index is 13.3. The van der Waals surface area contributed by atoms with Crippen molar-refractivity contribution >= 4 is 5.71 Å². The van der Waals surface area contributed by atoms with Crippen molar-refractivity contribution in [3.63, 3.8) is 0 Å². The molecule has 0 fully saturated rings. The van der Waals surface area contributed by atoms with Gasteiger partial charge in [0.2, 0.25) is 0 Å². The third-order valence-corrected chi connectivity index (χ3v) is 5.70. The van der Waals surface area contributed by atoms with Gasteiger partial charge in [-0.1, -0.05) is 59.8 Å². The Morgan fingerprint density at radius 2 is 1.82 bits per heavy atom. The van der Waals surface area contributed by atoms with Crippen molar-refractivity contribution in [1.82, 2.24) is 4.90 Å². The lowest BCUT2D eigenvalue weighted by molar-refractivity contribution is 0.0322. The summed E-state index contributed by atoms with van der Waals surface area (Å²) in [4.78, 5) is 7.90. The van der Waals surface area contributed by atoms with Crippen LogP contribution in [0.4, 0.5) is 4.39 Å². The minimum absolute atomic E-state index is 0.139. The van der Waals surface area contributed by atoms with Gasteiger partial charge in [-0.25, -0.2) is 4.39 Å². The second-order valence-corrected chi connectivity index (χ2v) is 8.37. The van der Waals surface area contributed by atoms with Gasteiger partial charge in [0, 0.05) is 26.1 Å². The lowest BCUT2D eigenvalue weighted by Crippen LogP contribution is -2.38. The Labute approximate surface area is 194 Å². The largest absolute Gasteiger partial charge is 0.497 e. The summed E-state index contributed by atoms with van der Waals surface area (Å²) in [6.07, 6.45) is 0.560. The topological polar surface area (TPSA) is 54.3 Å². The van der Waals surface area contributed by atoms with E-state index in [-0.39, 0.29) is 11.9 Å². The SMILES string of the molecule is COc1cccc(CN(C[C@H](O)Cc2ccccc2)C[C@H]2CC(c3ccc(F)cc3)=NO2)c1. The number of nitrogens with zero attached hydrogens (tertiary/aromatic N) is 2. The van der Waals surface area contributed by atoms with Crippen molar-refractivity contribution in [3.8, 4) is 5.75 Å². The number of aliphatic hydroxyl groups excluding tert-OH is 1. The summed E-state index contributed by atoms with van der Waals surface area (Å²) in [6.45, 7) is 1.75. The van der Waals surface area contributed by atoms with E-state index in [1.54, 1.807) is 19.2 Å². The van der Waals surface area contributed by atoms with Gasteiger partial charge < -0.3 is 14.7 Å². The molecule has 3 aromatic rings. The molecule has 0 bridgehead atoms. The summed E-state index contributed by atoms with van der Waals surface area (Å²) in [5, 5.41) is 15.0. The van der Waals surface area contributed by atoms with E-state index in [9.17, 15) is 9.50 Å². The average Bonchev–Trinajstić information content (AvgIpc) is 3.28. The molecule has 0 unspecified atom stereocenters. The molecule has 1 aliphatic heterocycles. The average molecular weight is 449 g/mol. The smallest absolute Gasteiger partial charge is 0.145 e. The van der Waals surface area contributed by atoms with Crippen LogP contribution in [0.1, 0.15) is 23.1 Å². The minimum Gasteiger partial charge on any atom is -0.497 e.